The number of nitrogens with zero attached hydrogens (tertiary/aromatic N) is 2. The molecule has 0 fully saturated rings. The maximum atomic E-state index is 13.3. The molecule has 1 N–H and O–H groups in total. The molecule has 5 nitrogen and oxygen atoms in total. The van der Waals surface area contributed by atoms with Gasteiger partial charge in [-0.3, -0.25) is 14.5 Å². The summed E-state index contributed by atoms with van der Waals surface area (Å²) >= 11 is 1.53. The van der Waals surface area contributed by atoms with Crippen molar-refractivity contribution in [3.63, 3.8) is 0 Å². The van der Waals surface area contributed by atoms with Crippen LogP contribution in [0.4, 0.5) is 11.4 Å². The Balaban J connectivity index is 1.61. The zero-order chi connectivity index (χ0) is 20.4. The number of para-hydroxylation sites is 1. The number of amides is 2. The van der Waals surface area contributed by atoms with E-state index in [1.165, 1.54) is 11.3 Å². The number of anilines is 2. The Morgan fingerprint density at radius 2 is 1.90 bits per heavy atom. The lowest BCUT2D eigenvalue weighted by Gasteiger charge is -2.36. The van der Waals surface area contributed by atoms with Crippen molar-refractivity contribution in [2.75, 3.05) is 10.2 Å². The summed E-state index contributed by atoms with van der Waals surface area (Å²) in [4.78, 5) is 32.5. The minimum Gasteiger partial charge on any atom is -0.324 e. The minimum atomic E-state index is -0.543. The van der Waals surface area contributed by atoms with Gasteiger partial charge in [0.2, 0.25) is 11.8 Å². The van der Waals surface area contributed by atoms with Crippen molar-refractivity contribution in [1.82, 2.24) is 4.98 Å². The van der Waals surface area contributed by atoms with E-state index in [1.54, 1.807) is 4.90 Å². The predicted octanol–water partition coefficient (Wildman–Crippen LogP) is 4.29. The number of benzene rings is 2. The van der Waals surface area contributed by atoms with Gasteiger partial charge in [0.1, 0.15) is 6.04 Å². The molecule has 1 unspecified atom stereocenters. The normalized spacial score (nSPS) is 15.7. The zero-order valence-corrected chi connectivity index (χ0v) is 17.3. The van der Waals surface area contributed by atoms with E-state index in [0.29, 0.717) is 6.42 Å². The SMILES string of the molecule is Cc1ccc(NC(=O)C2CCc3ccccc3N2C(=O)Cc2csc(C)n2)cc1. The number of aryl methyl sites for hydroxylation is 3. The summed E-state index contributed by atoms with van der Waals surface area (Å²) in [6, 6.07) is 15.0. The Morgan fingerprint density at radius 3 is 2.62 bits per heavy atom. The van der Waals surface area contributed by atoms with Crippen LogP contribution in [0.2, 0.25) is 0 Å². The molecule has 1 atom stereocenters. The molecular weight excluding hydrogens is 382 g/mol. The van der Waals surface area contributed by atoms with E-state index < -0.39 is 6.04 Å². The molecule has 2 amide bonds. The number of carbonyl (C=O) groups is 2. The second-order valence-electron chi connectivity index (χ2n) is 7.34. The number of hydrogen-bond donors (Lipinski definition) is 1. The Kier molecular flexibility index (Phi) is 5.45. The summed E-state index contributed by atoms with van der Waals surface area (Å²) in [5.41, 5.74) is 4.53. The van der Waals surface area contributed by atoms with E-state index in [1.807, 2.05) is 67.8 Å². The number of carbonyl (C=O) groups excluding carboxylic acids is 2. The fraction of sp³-hybridized carbons (Fsp3) is 0.261. The topological polar surface area (TPSA) is 62.3 Å². The molecule has 2 heterocycles. The van der Waals surface area contributed by atoms with Gasteiger partial charge in [0.25, 0.3) is 0 Å². The highest BCUT2D eigenvalue weighted by Crippen LogP contribution is 2.32. The van der Waals surface area contributed by atoms with Crippen molar-refractivity contribution in [3.05, 3.63) is 75.7 Å². The Hall–Kier alpha value is -2.99. The molecule has 0 spiro atoms. The highest BCUT2D eigenvalue weighted by Gasteiger charge is 2.35. The van der Waals surface area contributed by atoms with Gasteiger partial charge in [-0.25, -0.2) is 4.98 Å². The van der Waals surface area contributed by atoms with Gasteiger partial charge in [-0.1, -0.05) is 35.9 Å². The summed E-state index contributed by atoms with van der Waals surface area (Å²) in [6.07, 6.45) is 1.55. The van der Waals surface area contributed by atoms with Crippen LogP contribution in [-0.4, -0.2) is 22.8 Å². The van der Waals surface area contributed by atoms with E-state index in [4.69, 9.17) is 0 Å². The van der Waals surface area contributed by atoms with Crippen molar-refractivity contribution in [2.45, 2.75) is 39.2 Å². The molecule has 0 saturated heterocycles. The quantitative estimate of drug-likeness (QED) is 0.704. The fourth-order valence-corrected chi connectivity index (χ4v) is 4.31. The molecule has 1 aliphatic heterocycles. The van der Waals surface area contributed by atoms with Crippen LogP contribution in [0.1, 0.15) is 28.2 Å². The van der Waals surface area contributed by atoms with E-state index in [-0.39, 0.29) is 18.2 Å². The number of hydrogen-bond acceptors (Lipinski definition) is 4. The lowest BCUT2D eigenvalue weighted by molar-refractivity contribution is -0.123. The first-order chi connectivity index (χ1) is 14.0. The van der Waals surface area contributed by atoms with Gasteiger partial charge in [-0.15, -0.1) is 11.3 Å². The molecule has 148 valence electrons. The molecule has 29 heavy (non-hydrogen) atoms. The summed E-state index contributed by atoms with van der Waals surface area (Å²) in [7, 11) is 0. The van der Waals surface area contributed by atoms with Crippen molar-refractivity contribution >= 4 is 34.5 Å². The summed E-state index contributed by atoms with van der Waals surface area (Å²) in [5.74, 6) is -0.266. The van der Waals surface area contributed by atoms with Gasteiger partial charge in [-0.05, 0) is 50.5 Å². The summed E-state index contributed by atoms with van der Waals surface area (Å²) < 4.78 is 0. The molecule has 0 bridgehead atoms. The first kappa shape index (κ1) is 19.3. The number of aromatic nitrogens is 1. The maximum absolute atomic E-state index is 13.3. The summed E-state index contributed by atoms with van der Waals surface area (Å²) in [5, 5.41) is 5.81. The lowest BCUT2D eigenvalue weighted by atomic mass is 9.94. The Labute approximate surface area is 174 Å². The smallest absolute Gasteiger partial charge is 0.247 e. The molecule has 0 aliphatic carbocycles. The van der Waals surface area contributed by atoms with Crippen LogP contribution >= 0.6 is 11.3 Å². The van der Waals surface area contributed by atoms with E-state index >= 15 is 0 Å². The van der Waals surface area contributed by atoms with Crippen LogP contribution in [0.5, 0.6) is 0 Å². The predicted molar refractivity (Wildman–Crippen MR) is 116 cm³/mol. The van der Waals surface area contributed by atoms with Gasteiger partial charge >= 0.3 is 0 Å². The average molecular weight is 406 g/mol. The number of rotatable bonds is 4. The fourth-order valence-electron chi connectivity index (χ4n) is 3.69. The van der Waals surface area contributed by atoms with Crippen LogP contribution in [0.15, 0.2) is 53.9 Å². The maximum Gasteiger partial charge on any atom is 0.247 e. The van der Waals surface area contributed by atoms with Crippen LogP contribution < -0.4 is 10.2 Å². The largest absolute Gasteiger partial charge is 0.324 e. The van der Waals surface area contributed by atoms with E-state index in [0.717, 1.165) is 39.6 Å². The Morgan fingerprint density at radius 1 is 1.14 bits per heavy atom. The van der Waals surface area contributed by atoms with Crippen molar-refractivity contribution in [3.8, 4) is 0 Å². The average Bonchev–Trinajstić information content (AvgIpc) is 3.13. The van der Waals surface area contributed by atoms with Crippen molar-refractivity contribution in [1.29, 1.82) is 0 Å². The Bertz CT molecular complexity index is 1040. The first-order valence-electron chi connectivity index (χ1n) is 9.70. The molecule has 6 heteroatoms. The second-order valence-corrected chi connectivity index (χ2v) is 8.40. The number of nitrogens with one attached hydrogen (secondary N) is 1. The third-order valence-electron chi connectivity index (χ3n) is 5.14. The third kappa shape index (κ3) is 4.22. The standard InChI is InChI=1S/C23H23N3O2S/c1-15-7-10-18(11-8-15)25-23(28)21-12-9-17-5-3-4-6-20(17)26(21)22(27)13-19-14-29-16(2)24-19/h3-8,10-11,14,21H,9,12-13H2,1-2H3,(H,25,28). The van der Waals surface area contributed by atoms with Gasteiger partial charge in [0, 0.05) is 16.8 Å². The van der Waals surface area contributed by atoms with Crippen LogP contribution in [-0.2, 0) is 22.4 Å². The van der Waals surface area contributed by atoms with E-state index in [2.05, 4.69) is 10.3 Å². The number of fused-ring (bicyclic) bond motifs is 1. The van der Waals surface area contributed by atoms with Gasteiger partial charge in [0.15, 0.2) is 0 Å². The monoisotopic (exact) mass is 405 g/mol. The highest BCUT2D eigenvalue weighted by atomic mass is 32.1. The molecule has 4 rings (SSSR count). The molecule has 0 radical (unpaired) electrons. The van der Waals surface area contributed by atoms with Crippen molar-refractivity contribution in [2.24, 2.45) is 0 Å². The van der Waals surface area contributed by atoms with Gasteiger partial charge in [-0.2, -0.15) is 0 Å². The van der Waals surface area contributed by atoms with Crippen molar-refractivity contribution < 1.29 is 9.59 Å². The molecule has 3 aromatic rings. The molecule has 1 aromatic heterocycles. The third-order valence-corrected chi connectivity index (χ3v) is 5.96. The molecule has 2 aromatic carbocycles. The highest BCUT2D eigenvalue weighted by molar-refractivity contribution is 7.09. The summed E-state index contributed by atoms with van der Waals surface area (Å²) in [6.45, 7) is 3.93. The second kappa shape index (κ2) is 8.17. The lowest BCUT2D eigenvalue weighted by Crippen LogP contribution is -2.50. The van der Waals surface area contributed by atoms with Crippen LogP contribution in [0, 0.1) is 13.8 Å². The molecule has 1 aliphatic rings. The van der Waals surface area contributed by atoms with Gasteiger partial charge < -0.3 is 5.32 Å². The first-order valence-corrected chi connectivity index (χ1v) is 10.6. The zero-order valence-electron chi connectivity index (χ0n) is 16.5. The van der Waals surface area contributed by atoms with E-state index in [9.17, 15) is 9.59 Å². The minimum absolute atomic E-state index is 0.105. The number of thiazole rings is 1. The van der Waals surface area contributed by atoms with Crippen LogP contribution in [0.25, 0.3) is 0 Å². The van der Waals surface area contributed by atoms with Gasteiger partial charge in [0.05, 0.1) is 17.1 Å². The van der Waals surface area contributed by atoms with Crippen LogP contribution in [0.3, 0.4) is 0 Å². The molecule has 0 saturated carbocycles. The molecular formula is C23H23N3O2S.